The van der Waals surface area contributed by atoms with Crippen LogP contribution in [0.2, 0.25) is 0 Å². The molecule has 0 saturated heterocycles. The first-order valence-corrected chi connectivity index (χ1v) is 6.00. The standard InChI is InChI=1S/C15H13NO4/c1-10-7-11(2)9-12(8-10)15(17)20-14-5-3-13(4-6-14)16(18)19/h3-9H,1-2H3. The second-order valence-corrected chi connectivity index (χ2v) is 4.52. The van der Waals surface area contributed by atoms with Crippen LogP contribution in [-0.2, 0) is 0 Å². The van der Waals surface area contributed by atoms with Crippen LogP contribution < -0.4 is 4.74 Å². The van der Waals surface area contributed by atoms with Crippen LogP contribution in [0.25, 0.3) is 0 Å². The van der Waals surface area contributed by atoms with E-state index >= 15 is 0 Å². The number of nitro groups is 1. The Hall–Kier alpha value is -2.69. The highest BCUT2D eigenvalue weighted by Gasteiger charge is 2.11. The molecule has 0 heterocycles. The maximum atomic E-state index is 12.0. The smallest absolute Gasteiger partial charge is 0.343 e. The molecule has 0 fully saturated rings. The van der Waals surface area contributed by atoms with Crippen molar-refractivity contribution in [2.75, 3.05) is 0 Å². The van der Waals surface area contributed by atoms with Crippen LogP contribution in [0.3, 0.4) is 0 Å². The van der Waals surface area contributed by atoms with Gasteiger partial charge in [0, 0.05) is 12.1 Å². The van der Waals surface area contributed by atoms with Gasteiger partial charge in [0.1, 0.15) is 5.75 Å². The van der Waals surface area contributed by atoms with Crippen molar-refractivity contribution in [2.24, 2.45) is 0 Å². The first-order valence-electron chi connectivity index (χ1n) is 6.00. The number of hydrogen-bond donors (Lipinski definition) is 0. The van der Waals surface area contributed by atoms with E-state index in [1.54, 1.807) is 12.1 Å². The topological polar surface area (TPSA) is 69.4 Å². The molecule has 5 nitrogen and oxygen atoms in total. The van der Waals surface area contributed by atoms with Crippen molar-refractivity contribution in [1.29, 1.82) is 0 Å². The summed E-state index contributed by atoms with van der Waals surface area (Å²) in [5.41, 5.74) is 2.36. The molecule has 0 unspecified atom stereocenters. The molecule has 0 spiro atoms. The molecular weight excluding hydrogens is 258 g/mol. The van der Waals surface area contributed by atoms with Gasteiger partial charge in [-0.25, -0.2) is 4.79 Å². The number of benzene rings is 2. The van der Waals surface area contributed by atoms with Gasteiger partial charge >= 0.3 is 5.97 Å². The predicted octanol–water partition coefficient (Wildman–Crippen LogP) is 3.43. The van der Waals surface area contributed by atoms with Crippen molar-refractivity contribution in [3.8, 4) is 5.75 Å². The average molecular weight is 271 g/mol. The molecule has 0 aliphatic rings. The van der Waals surface area contributed by atoms with Gasteiger partial charge < -0.3 is 4.74 Å². The lowest BCUT2D eigenvalue weighted by atomic mass is 10.1. The molecule has 0 aliphatic carbocycles. The summed E-state index contributed by atoms with van der Waals surface area (Å²) in [6.07, 6.45) is 0. The molecule has 0 N–H and O–H groups in total. The summed E-state index contributed by atoms with van der Waals surface area (Å²) in [6, 6.07) is 10.8. The van der Waals surface area contributed by atoms with Crippen molar-refractivity contribution >= 4 is 11.7 Å². The normalized spacial score (nSPS) is 10.1. The minimum atomic E-state index is -0.504. The van der Waals surface area contributed by atoms with Crippen molar-refractivity contribution in [3.63, 3.8) is 0 Å². The number of aryl methyl sites for hydroxylation is 2. The molecule has 20 heavy (non-hydrogen) atoms. The molecule has 5 heteroatoms. The Balaban J connectivity index is 2.16. The average Bonchev–Trinajstić information content (AvgIpc) is 2.38. The SMILES string of the molecule is Cc1cc(C)cc(C(=O)Oc2ccc([N+](=O)[O-])cc2)c1. The summed E-state index contributed by atoms with van der Waals surface area (Å²) in [5, 5.41) is 10.5. The van der Waals surface area contributed by atoms with Gasteiger partial charge in [0.15, 0.2) is 0 Å². The number of ether oxygens (including phenoxy) is 1. The number of nitrogens with zero attached hydrogens (tertiary/aromatic N) is 1. The molecule has 2 rings (SSSR count). The Morgan fingerprint density at radius 2 is 1.60 bits per heavy atom. The van der Waals surface area contributed by atoms with Crippen molar-refractivity contribution in [3.05, 3.63) is 69.3 Å². The minimum Gasteiger partial charge on any atom is -0.423 e. The zero-order valence-corrected chi connectivity index (χ0v) is 11.1. The van der Waals surface area contributed by atoms with Crippen molar-refractivity contribution in [1.82, 2.24) is 0 Å². The lowest BCUT2D eigenvalue weighted by Crippen LogP contribution is -2.09. The number of carbonyl (C=O) groups is 1. The van der Waals surface area contributed by atoms with E-state index < -0.39 is 10.9 Å². The van der Waals surface area contributed by atoms with Gasteiger partial charge in [-0.05, 0) is 38.1 Å². The number of carbonyl (C=O) groups excluding carboxylic acids is 1. The van der Waals surface area contributed by atoms with E-state index in [-0.39, 0.29) is 11.4 Å². The number of rotatable bonds is 3. The number of nitro benzene ring substituents is 1. The number of hydrogen-bond acceptors (Lipinski definition) is 4. The zero-order valence-electron chi connectivity index (χ0n) is 11.1. The fraction of sp³-hybridized carbons (Fsp3) is 0.133. The lowest BCUT2D eigenvalue weighted by molar-refractivity contribution is -0.384. The highest BCUT2D eigenvalue weighted by Crippen LogP contribution is 2.19. The van der Waals surface area contributed by atoms with Crippen LogP contribution in [0.4, 0.5) is 5.69 Å². The van der Waals surface area contributed by atoms with Gasteiger partial charge in [0.2, 0.25) is 0 Å². The minimum absolute atomic E-state index is 0.0452. The highest BCUT2D eigenvalue weighted by atomic mass is 16.6. The maximum absolute atomic E-state index is 12.0. The molecule has 0 atom stereocenters. The summed E-state index contributed by atoms with van der Waals surface area (Å²) in [4.78, 5) is 22.0. The lowest BCUT2D eigenvalue weighted by Gasteiger charge is -2.06. The van der Waals surface area contributed by atoms with Crippen LogP contribution in [0.15, 0.2) is 42.5 Å². The van der Waals surface area contributed by atoms with Gasteiger partial charge in [-0.3, -0.25) is 10.1 Å². The fourth-order valence-corrected chi connectivity index (χ4v) is 1.89. The molecule has 2 aromatic rings. The molecular formula is C15H13NO4. The summed E-state index contributed by atoms with van der Waals surface area (Å²) >= 11 is 0. The Morgan fingerprint density at radius 3 is 2.10 bits per heavy atom. The maximum Gasteiger partial charge on any atom is 0.343 e. The first kappa shape index (κ1) is 13.7. The largest absolute Gasteiger partial charge is 0.423 e. The van der Waals surface area contributed by atoms with E-state index in [0.717, 1.165) is 11.1 Å². The fourth-order valence-electron chi connectivity index (χ4n) is 1.89. The van der Waals surface area contributed by atoms with Crippen LogP contribution >= 0.6 is 0 Å². The number of esters is 1. The van der Waals surface area contributed by atoms with E-state index in [1.807, 2.05) is 19.9 Å². The van der Waals surface area contributed by atoms with Crippen LogP contribution in [-0.4, -0.2) is 10.9 Å². The Bertz CT molecular complexity index is 642. The van der Waals surface area contributed by atoms with Crippen LogP contribution in [0.1, 0.15) is 21.5 Å². The van der Waals surface area contributed by atoms with E-state index in [2.05, 4.69) is 0 Å². The van der Waals surface area contributed by atoms with E-state index in [9.17, 15) is 14.9 Å². The Morgan fingerprint density at radius 1 is 1.05 bits per heavy atom. The molecule has 0 radical (unpaired) electrons. The first-order chi connectivity index (χ1) is 9.45. The van der Waals surface area contributed by atoms with Gasteiger partial charge in [0.05, 0.1) is 10.5 Å². The molecule has 0 amide bonds. The van der Waals surface area contributed by atoms with Crippen molar-refractivity contribution in [2.45, 2.75) is 13.8 Å². The predicted molar refractivity (Wildman–Crippen MR) is 74.0 cm³/mol. The van der Waals surface area contributed by atoms with Crippen LogP contribution in [0.5, 0.6) is 5.75 Å². The third kappa shape index (κ3) is 3.20. The second kappa shape index (κ2) is 5.52. The molecule has 102 valence electrons. The zero-order chi connectivity index (χ0) is 14.7. The summed E-state index contributed by atoms with van der Waals surface area (Å²) in [5.74, 6) is -0.203. The van der Waals surface area contributed by atoms with E-state index in [4.69, 9.17) is 4.74 Å². The quantitative estimate of drug-likeness (QED) is 0.371. The third-order valence-electron chi connectivity index (χ3n) is 2.72. The van der Waals surface area contributed by atoms with Gasteiger partial charge in [-0.15, -0.1) is 0 Å². The Kier molecular flexibility index (Phi) is 3.79. The molecule has 0 bridgehead atoms. The number of non-ortho nitro benzene ring substituents is 1. The molecule has 0 aromatic heterocycles. The molecule has 0 aliphatic heterocycles. The van der Waals surface area contributed by atoms with E-state index in [1.165, 1.54) is 24.3 Å². The van der Waals surface area contributed by atoms with Crippen LogP contribution in [0, 0.1) is 24.0 Å². The van der Waals surface area contributed by atoms with Gasteiger partial charge in [-0.2, -0.15) is 0 Å². The summed E-state index contributed by atoms with van der Waals surface area (Å²) in [7, 11) is 0. The van der Waals surface area contributed by atoms with Gasteiger partial charge in [-0.1, -0.05) is 17.2 Å². The van der Waals surface area contributed by atoms with E-state index in [0.29, 0.717) is 5.56 Å². The van der Waals surface area contributed by atoms with Gasteiger partial charge in [0.25, 0.3) is 5.69 Å². The highest BCUT2D eigenvalue weighted by molar-refractivity contribution is 5.91. The van der Waals surface area contributed by atoms with Crippen molar-refractivity contribution < 1.29 is 14.5 Å². The monoisotopic (exact) mass is 271 g/mol. The summed E-state index contributed by atoms with van der Waals surface area (Å²) in [6.45, 7) is 3.80. The molecule has 2 aromatic carbocycles. The third-order valence-corrected chi connectivity index (χ3v) is 2.72. The summed E-state index contributed by atoms with van der Waals surface area (Å²) < 4.78 is 5.18. The Labute approximate surface area is 116 Å². The molecule has 0 saturated carbocycles. The second-order valence-electron chi connectivity index (χ2n) is 4.52.